The van der Waals surface area contributed by atoms with E-state index >= 15 is 0 Å². The molecule has 1 fully saturated rings. The Bertz CT molecular complexity index is 20.8. The van der Waals surface area contributed by atoms with Crippen molar-refractivity contribution in [2.24, 2.45) is 0 Å². The lowest BCUT2D eigenvalue weighted by Gasteiger charge is -1.76. The zero-order chi connectivity index (χ0) is 5.54. The van der Waals surface area contributed by atoms with Gasteiger partial charge in [-0.2, -0.15) is 0 Å². The van der Waals surface area contributed by atoms with E-state index in [2.05, 4.69) is 5.32 Å². The Balaban J connectivity index is -0.0000000337. The Kier molecular flexibility index (Phi) is 51.8. The van der Waals surface area contributed by atoms with Crippen LogP contribution in [0.1, 0.15) is 41.5 Å². The Labute approximate surface area is 69.2 Å². The monoisotopic (exact) mass is 144 g/mol. The predicted molar refractivity (Wildman–Crippen MR) is 52.7 cm³/mol. The molecule has 0 atom stereocenters. The lowest BCUT2D eigenvalue weighted by Crippen LogP contribution is -2.03. The van der Waals surface area contributed by atoms with E-state index < -0.39 is 0 Å². The van der Waals surface area contributed by atoms with Gasteiger partial charge < -0.3 is 5.32 Å². The van der Waals surface area contributed by atoms with Gasteiger partial charge in [0.25, 0.3) is 0 Å². The number of hydrogen-bond donors (Lipinski definition) is 1. The van der Waals surface area contributed by atoms with Gasteiger partial charge >= 0.3 is 0 Å². The van der Waals surface area contributed by atoms with Crippen molar-refractivity contribution in [1.82, 2.24) is 5.32 Å². The number of hydrogen-bond acceptors (Lipinski definition) is 1. The summed E-state index contributed by atoms with van der Waals surface area (Å²) in [7, 11) is 0. The third kappa shape index (κ3) is 15.7. The van der Waals surface area contributed by atoms with Crippen molar-refractivity contribution in [2.75, 3.05) is 13.1 Å². The highest BCUT2D eigenvalue weighted by Gasteiger charge is 1.93. The summed E-state index contributed by atoms with van der Waals surface area (Å²) in [6.45, 7) is 6.50. The molecule has 0 amide bonds. The molecule has 63 valence electrons. The molecule has 2 heteroatoms. The fourth-order valence-corrected chi connectivity index (χ4v) is 0.625. The Morgan fingerprint density at radius 1 is 0.900 bits per heavy atom. The van der Waals surface area contributed by atoms with E-state index in [1.165, 1.54) is 25.9 Å². The summed E-state index contributed by atoms with van der Waals surface area (Å²) in [6, 6.07) is 0. The average molecular weight is 144 g/mol. The first-order valence-corrected chi connectivity index (χ1v) is 3.21. The SMILES string of the molecule is C.C.C1CCNC1.CC.[B]. The first kappa shape index (κ1) is 22.5. The third-order valence-corrected chi connectivity index (χ3v) is 0.957. The van der Waals surface area contributed by atoms with Gasteiger partial charge in [-0.25, -0.2) is 0 Å². The lowest BCUT2D eigenvalue weighted by atomic mass is 10.4. The van der Waals surface area contributed by atoms with Crippen LogP contribution in [0.25, 0.3) is 0 Å². The molecule has 3 radical (unpaired) electrons. The van der Waals surface area contributed by atoms with Crippen LogP contribution in [0.2, 0.25) is 0 Å². The molecule has 0 bridgehead atoms. The molecule has 10 heavy (non-hydrogen) atoms. The highest BCUT2D eigenvalue weighted by Crippen LogP contribution is 1.90. The molecular weight excluding hydrogens is 121 g/mol. The van der Waals surface area contributed by atoms with E-state index in [0.29, 0.717) is 0 Å². The van der Waals surface area contributed by atoms with Crippen LogP contribution in [0.3, 0.4) is 0 Å². The largest absolute Gasteiger partial charge is 0.317 e. The van der Waals surface area contributed by atoms with Crippen LogP contribution >= 0.6 is 0 Å². The molecule has 0 spiro atoms. The summed E-state index contributed by atoms with van der Waals surface area (Å²) in [5.41, 5.74) is 0. The molecule has 1 N–H and O–H groups in total. The fourth-order valence-electron chi connectivity index (χ4n) is 0.625. The summed E-state index contributed by atoms with van der Waals surface area (Å²) in [6.07, 6.45) is 2.78. The van der Waals surface area contributed by atoms with Gasteiger partial charge in [-0.1, -0.05) is 28.7 Å². The van der Waals surface area contributed by atoms with Gasteiger partial charge in [0.05, 0.1) is 0 Å². The van der Waals surface area contributed by atoms with E-state index in [9.17, 15) is 0 Å². The Morgan fingerprint density at radius 3 is 1.30 bits per heavy atom. The predicted octanol–water partition coefficient (Wildman–Crippen LogP) is 2.29. The summed E-state index contributed by atoms with van der Waals surface area (Å²) in [5, 5.41) is 3.22. The van der Waals surface area contributed by atoms with Gasteiger partial charge in [0.2, 0.25) is 0 Å². The van der Waals surface area contributed by atoms with Crippen molar-refractivity contribution in [1.29, 1.82) is 0 Å². The molecule has 0 aromatic rings. The van der Waals surface area contributed by atoms with Crippen molar-refractivity contribution in [3.05, 3.63) is 0 Å². The van der Waals surface area contributed by atoms with Gasteiger partial charge in [-0.3, -0.25) is 0 Å². The zero-order valence-corrected chi connectivity index (χ0v) is 5.91. The van der Waals surface area contributed by atoms with Crippen molar-refractivity contribution < 1.29 is 0 Å². The molecule has 0 aromatic carbocycles. The number of rotatable bonds is 0. The minimum absolute atomic E-state index is 0. The first-order valence-electron chi connectivity index (χ1n) is 3.21. The lowest BCUT2D eigenvalue weighted by molar-refractivity contribution is 0.857. The number of nitrogens with one attached hydrogen (secondary N) is 1. The average Bonchev–Trinajstić information content (AvgIpc) is 2.23. The molecule has 1 saturated heterocycles. The molecule has 1 aliphatic rings. The van der Waals surface area contributed by atoms with Gasteiger partial charge in [0, 0.05) is 8.41 Å². The van der Waals surface area contributed by atoms with Crippen LogP contribution in [-0.2, 0) is 0 Å². The molecule has 1 heterocycles. The van der Waals surface area contributed by atoms with Crippen LogP contribution in [0.15, 0.2) is 0 Å². The van der Waals surface area contributed by atoms with Crippen molar-refractivity contribution >= 4 is 8.41 Å². The minimum atomic E-state index is 0. The van der Waals surface area contributed by atoms with E-state index in [1.807, 2.05) is 13.8 Å². The highest BCUT2D eigenvalue weighted by molar-refractivity contribution is 5.75. The minimum Gasteiger partial charge on any atom is -0.317 e. The molecular formula is C8H23BN. The van der Waals surface area contributed by atoms with Crippen LogP contribution < -0.4 is 5.32 Å². The molecule has 0 saturated carbocycles. The Hall–Kier alpha value is 0.0249. The van der Waals surface area contributed by atoms with E-state index in [0.717, 1.165) is 0 Å². The van der Waals surface area contributed by atoms with Crippen LogP contribution in [-0.4, -0.2) is 21.5 Å². The summed E-state index contributed by atoms with van der Waals surface area (Å²) in [4.78, 5) is 0. The summed E-state index contributed by atoms with van der Waals surface area (Å²) >= 11 is 0. The maximum atomic E-state index is 3.22. The molecule has 1 rings (SSSR count). The summed E-state index contributed by atoms with van der Waals surface area (Å²) < 4.78 is 0. The molecule has 0 unspecified atom stereocenters. The maximum absolute atomic E-state index is 3.22. The second-order valence-electron chi connectivity index (χ2n) is 1.46. The molecule has 1 aliphatic heterocycles. The zero-order valence-electron chi connectivity index (χ0n) is 5.91. The quantitative estimate of drug-likeness (QED) is 0.514. The molecule has 1 nitrogen and oxygen atoms in total. The third-order valence-electron chi connectivity index (χ3n) is 0.957. The van der Waals surface area contributed by atoms with Gasteiger partial charge in [0.15, 0.2) is 0 Å². The van der Waals surface area contributed by atoms with Gasteiger partial charge in [-0.15, -0.1) is 0 Å². The van der Waals surface area contributed by atoms with Gasteiger partial charge in [0.1, 0.15) is 0 Å². The fraction of sp³-hybridized carbons (Fsp3) is 1.00. The van der Waals surface area contributed by atoms with Crippen LogP contribution in [0.5, 0.6) is 0 Å². The van der Waals surface area contributed by atoms with Crippen molar-refractivity contribution in [3.8, 4) is 0 Å². The Morgan fingerprint density at radius 2 is 1.20 bits per heavy atom. The smallest absolute Gasteiger partial charge is 0 e. The van der Waals surface area contributed by atoms with Crippen LogP contribution in [0.4, 0.5) is 0 Å². The van der Waals surface area contributed by atoms with E-state index in [4.69, 9.17) is 0 Å². The highest BCUT2D eigenvalue weighted by atomic mass is 14.9. The normalized spacial score (nSPS) is 12.6. The summed E-state index contributed by atoms with van der Waals surface area (Å²) in [5.74, 6) is 0. The first-order chi connectivity index (χ1) is 3.50. The van der Waals surface area contributed by atoms with Crippen LogP contribution in [0, 0.1) is 0 Å². The molecule has 0 aromatic heterocycles. The van der Waals surface area contributed by atoms with E-state index in [1.54, 1.807) is 0 Å². The maximum Gasteiger partial charge on any atom is 0 e. The van der Waals surface area contributed by atoms with E-state index in [-0.39, 0.29) is 23.3 Å². The van der Waals surface area contributed by atoms with Crippen molar-refractivity contribution in [3.63, 3.8) is 0 Å². The van der Waals surface area contributed by atoms with Gasteiger partial charge in [-0.05, 0) is 25.9 Å². The van der Waals surface area contributed by atoms with Crippen molar-refractivity contribution in [2.45, 2.75) is 41.5 Å². The second-order valence-corrected chi connectivity index (χ2v) is 1.46. The standard InChI is InChI=1S/C4H9N.C2H6.2CH4.B/c1-2-4-5-3-1;1-2;;;/h5H,1-4H2;1-2H3;2*1H4;. The topological polar surface area (TPSA) is 12.0 Å². The second kappa shape index (κ2) is 23.0. The molecule has 0 aliphatic carbocycles.